The third-order valence-electron chi connectivity index (χ3n) is 5.30. The van der Waals surface area contributed by atoms with Gasteiger partial charge in [-0.05, 0) is 24.6 Å². The number of hydrogen-bond donors (Lipinski definition) is 1. The Labute approximate surface area is 165 Å². The summed E-state index contributed by atoms with van der Waals surface area (Å²) in [5.41, 5.74) is 1.28. The molecule has 0 saturated carbocycles. The predicted molar refractivity (Wildman–Crippen MR) is 108 cm³/mol. The first kappa shape index (κ1) is 20.8. The first-order chi connectivity index (χ1) is 13.3. The zero-order valence-electron chi connectivity index (χ0n) is 16.5. The number of aromatic hydroxyl groups is 1. The van der Waals surface area contributed by atoms with Crippen molar-refractivity contribution in [2.45, 2.75) is 27.3 Å². The predicted octanol–water partition coefficient (Wildman–Crippen LogP) is 1.51. The van der Waals surface area contributed by atoms with E-state index < -0.39 is 15.8 Å². The molecule has 0 aliphatic carbocycles. The van der Waals surface area contributed by atoms with Gasteiger partial charge in [-0.1, -0.05) is 13.8 Å². The lowest BCUT2D eigenvalue weighted by molar-refractivity contribution is 0.175. The van der Waals surface area contributed by atoms with Crippen LogP contribution in [0.5, 0.6) is 5.75 Å². The summed E-state index contributed by atoms with van der Waals surface area (Å²) in [6.07, 6.45) is 0. The van der Waals surface area contributed by atoms with Crippen LogP contribution in [-0.2, 0) is 16.8 Å². The molecule has 1 saturated heterocycles. The van der Waals surface area contributed by atoms with Crippen molar-refractivity contribution in [2.24, 2.45) is 0 Å². The van der Waals surface area contributed by atoms with Crippen molar-refractivity contribution >= 4 is 21.2 Å². The lowest BCUT2D eigenvalue weighted by atomic mass is 10.1. The third-order valence-corrected chi connectivity index (χ3v) is 7.49. The van der Waals surface area contributed by atoms with Gasteiger partial charge in [-0.25, -0.2) is 4.79 Å². The molecule has 1 aliphatic rings. The maximum atomic E-state index is 12.7. The summed E-state index contributed by atoms with van der Waals surface area (Å²) >= 11 is 0. The van der Waals surface area contributed by atoms with Gasteiger partial charge in [0.25, 0.3) is 10.2 Å². The summed E-state index contributed by atoms with van der Waals surface area (Å²) in [5, 5.41) is 10.7. The first-order valence-electron chi connectivity index (χ1n) is 9.50. The average molecular weight is 410 g/mol. The Balaban J connectivity index is 1.77. The molecular weight excluding hydrogens is 382 g/mol. The molecule has 28 heavy (non-hydrogen) atoms. The van der Waals surface area contributed by atoms with Gasteiger partial charge >= 0.3 is 5.63 Å². The Hall–Kier alpha value is -1.94. The highest BCUT2D eigenvalue weighted by Crippen LogP contribution is 2.28. The molecular formula is C19H27N3O5S. The standard InChI is InChI=1S/C19H27N3O5S/c1-4-21(5-2)28(25,26)22-10-8-20(9-11-22)13-15-12-18(24)27-19-14(3)17(23)7-6-16(15)19/h6-7,12,23H,4-5,8-11,13H2,1-3H3. The van der Waals surface area contributed by atoms with Gasteiger partial charge in [0.05, 0.1) is 0 Å². The molecule has 9 heteroatoms. The fourth-order valence-corrected chi connectivity index (χ4v) is 5.22. The van der Waals surface area contributed by atoms with Gasteiger partial charge in [0.2, 0.25) is 0 Å². The van der Waals surface area contributed by atoms with Crippen molar-refractivity contribution in [1.29, 1.82) is 0 Å². The molecule has 2 heterocycles. The summed E-state index contributed by atoms with van der Waals surface area (Å²) in [6.45, 7) is 8.81. The molecule has 1 fully saturated rings. The van der Waals surface area contributed by atoms with E-state index in [0.717, 1.165) is 10.9 Å². The van der Waals surface area contributed by atoms with Gasteiger partial charge in [0.15, 0.2) is 0 Å². The van der Waals surface area contributed by atoms with Gasteiger partial charge < -0.3 is 9.52 Å². The number of piperazine rings is 1. The van der Waals surface area contributed by atoms with Gasteiger partial charge in [-0.2, -0.15) is 17.0 Å². The maximum Gasteiger partial charge on any atom is 0.336 e. The van der Waals surface area contributed by atoms with Crippen LogP contribution in [0.2, 0.25) is 0 Å². The van der Waals surface area contributed by atoms with Crippen LogP contribution in [0.15, 0.2) is 27.4 Å². The van der Waals surface area contributed by atoms with Crippen LogP contribution in [0, 0.1) is 6.92 Å². The van der Waals surface area contributed by atoms with E-state index in [9.17, 15) is 18.3 Å². The number of phenols is 1. The normalized spacial score (nSPS) is 16.9. The second-order valence-electron chi connectivity index (χ2n) is 6.94. The number of rotatable bonds is 6. The number of phenolic OH excluding ortho intramolecular Hbond substituents is 1. The van der Waals surface area contributed by atoms with Crippen molar-refractivity contribution in [3.05, 3.63) is 39.7 Å². The van der Waals surface area contributed by atoms with Crippen molar-refractivity contribution in [1.82, 2.24) is 13.5 Å². The number of fused-ring (bicyclic) bond motifs is 1. The minimum atomic E-state index is -3.43. The molecule has 8 nitrogen and oxygen atoms in total. The maximum absolute atomic E-state index is 12.7. The number of benzene rings is 1. The topological polar surface area (TPSA) is 94.3 Å². The minimum absolute atomic E-state index is 0.0861. The highest BCUT2D eigenvalue weighted by Gasteiger charge is 2.30. The summed E-state index contributed by atoms with van der Waals surface area (Å²) < 4.78 is 33.6. The Morgan fingerprint density at radius 2 is 1.79 bits per heavy atom. The van der Waals surface area contributed by atoms with Crippen LogP contribution in [-0.4, -0.2) is 66.3 Å². The van der Waals surface area contributed by atoms with Crippen LogP contribution in [0.3, 0.4) is 0 Å². The smallest absolute Gasteiger partial charge is 0.336 e. The zero-order valence-corrected chi connectivity index (χ0v) is 17.3. The molecule has 0 unspecified atom stereocenters. The first-order valence-corrected chi connectivity index (χ1v) is 10.9. The van der Waals surface area contributed by atoms with E-state index in [-0.39, 0.29) is 5.75 Å². The van der Waals surface area contributed by atoms with Crippen molar-refractivity contribution in [3.63, 3.8) is 0 Å². The molecule has 1 aromatic heterocycles. The second-order valence-corrected chi connectivity index (χ2v) is 8.87. The van der Waals surface area contributed by atoms with E-state index >= 15 is 0 Å². The summed E-state index contributed by atoms with van der Waals surface area (Å²) in [6, 6.07) is 4.81. The molecule has 1 N–H and O–H groups in total. The van der Waals surface area contributed by atoms with Gasteiger partial charge in [0, 0.05) is 62.8 Å². The van der Waals surface area contributed by atoms with E-state index in [4.69, 9.17) is 4.42 Å². The lowest BCUT2D eigenvalue weighted by Crippen LogP contribution is -2.52. The van der Waals surface area contributed by atoms with Crippen LogP contribution in [0.1, 0.15) is 25.0 Å². The highest BCUT2D eigenvalue weighted by molar-refractivity contribution is 7.86. The molecule has 0 amide bonds. The number of nitrogens with zero attached hydrogens (tertiary/aromatic N) is 3. The number of hydrogen-bond acceptors (Lipinski definition) is 6. The molecule has 0 spiro atoms. The van der Waals surface area contributed by atoms with Crippen LogP contribution < -0.4 is 5.63 Å². The molecule has 1 aliphatic heterocycles. The SMILES string of the molecule is CCN(CC)S(=O)(=O)N1CCN(Cc2cc(=O)oc3c(C)c(O)ccc23)CC1. The quantitative estimate of drug-likeness (QED) is 0.727. The molecule has 0 atom stereocenters. The van der Waals surface area contributed by atoms with Crippen LogP contribution >= 0.6 is 0 Å². The average Bonchev–Trinajstić information content (AvgIpc) is 2.66. The van der Waals surface area contributed by atoms with Crippen molar-refractivity contribution in [2.75, 3.05) is 39.3 Å². The van der Waals surface area contributed by atoms with E-state index in [2.05, 4.69) is 4.90 Å². The molecule has 2 aromatic rings. The Morgan fingerprint density at radius 3 is 2.39 bits per heavy atom. The summed E-state index contributed by atoms with van der Waals surface area (Å²) in [7, 11) is -3.43. The summed E-state index contributed by atoms with van der Waals surface area (Å²) in [4.78, 5) is 14.1. The Kier molecular flexibility index (Phi) is 6.09. The van der Waals surface area contributed by atoms with Gasteiger partial charge in [0.1, 0.15) is 11.3 Å². The zero-order chi connectivity index (χ0) is 20.5. The van der Waals surface area contributed by atoms with Crippen molar-refractivity contribution < 1.29 is 17.9 Å². The van der Waals surface area contributed by atoms with E-state index in [1.54, 1.807) is 19.1 Å². The molecule has 0 bridgehead atoms. The minimum Gasteiger partial charge on any atom is -0.508 e. The third kappa shape index (κ3) is 3.93. The fourth-order valence-electron chi connectivity index (χ4n) is 3.62. The van der Waals surface area contributed by atoms with Crippen LogP contribution in [0.4, 0.5) is 0 Å². The van der Waals surface area contributed by atoms with Crippen molar-refractivity contribution in [3.8, 4) is 5.75 Å². The second kappa shape index (κ2) is 8.20. The van der Waals surface area contributed by atoms with Gasteiger partial charge in [-0.3, -0.25) is 4.90 Å². The molecule has 1 aromatic carbocycles. The Morgan fingerprint density at radius 1 is 1.14 bits per heavy atom. The molecule has 3 rings (SSSR count). The van der Waals surface area contributed by atoms with Gasteiger partial charge in [-0.15, -0.1) is 0 Å². The van der Waals surface area contributed by atoms with E-state index in [1.807, 2.05) is 13.8 Å². The van der Waals surface area contributed by atoms with E-state index in [1.165, 1.54) is 14.7 Å². The summed E-state index contributed by atoms with van der Waals surface area (Å²) in [5.74, 6) is 0.0861. The Bertz CT molecular complexity index is 1010. The highest BCUT2D eigenvalue weighted by atomic mass is 32.2. The van der Waals surface area contributed by atoms with E-state index in [0.29, 0.717) is 57.0 Å². The molecule has 0 radical (unpaired) electrons. The lowest BCUT2D eigenvalue weighted by Gasteiger charge is -2.36. The van der Waals surface area contributed by atoms with Crippen LogP contribution in [0.25, 0.3) is 11.0 Å². The fraction of sp³-hybridized carbons (Fsp3) is 0.526. The largest absolute Gasteiger partial charge is 0.508 e. The molecule has 154 valence electrons. The monoisotopic (exact) mass is 409 g/mol. The number of aryl methyl sites for hydroxylation is 1.